The van der Waals surface area contributed by atoms with E-state index in [2.05, 4.69) is 65.6 Å². The summed E-state index contributed by atoms with van der Waals surface area (Å²) in [4.78, 5) is 12.4. The summed E-state index contributed by atoms with van der Waals surface area (Å²) in [6.45, 7) is 6.69. The molecule has 1 aromatic carbocycles. The van der Waals surface area contributed by atoms with Crippen LogP contribution in [0.3, 0.4) is 0 Å². The van der Waals surface area contributed by atoms with Crippen molar-refractivity contribution < 1.29 is 4.74 Å². The Morgan fingerprint density at radius 3 is 2.61 bits per heavy atom. The van der Waals surface area contributed by atoms with Crippen molar-refractivity contribution in [2.45, 2.75) is 45.3 Å². The zero-order valence-corrected chi connectivity index (χ0v) is 19.3. The van der Waals surface area contributed by atoms with Crippen LogP contribution >= 0.6 is 11.8 Å². The second-order valence-electron chi connectivity index (χ2n) is 8.20. The Hall–Kier alpha value is -2.73. The van der Waals surface area contributed by atoms with Gasteiger partial charge in [0.2, 0.25) is 0 Å². The number of nitrogens with zero attached hydrogens (tertiary/aromatic N) is 4. The largest absolute Gasteiger partial charge is 0.497 e. The van der Waals surface area contributed by atoms with Gasteiger partial charge in [0.15, 0.2) is 5.17 Å². The molecule has 0 N–H and O–H groups in total. The molecule has 31 heavy (non-hydrogen) atoms. The zero-order chi connectivity index (χ0) is 21.5. The molecule has 160 valence electrons. The Balaban J connectivity index is 1.61. The van der Waals surface area contributed by atoms with Crippen molar-refractivity contribution in [1.82, 2.24) is 14.5 Å². The van der Waals surface area contributed by atoms with Crippen LogP contribution in [0.5, 0.6) is 5.75 Å². The highest BCUT2D eigenvalue weighted by atomic mass is 32.2. The lowest BCUT2D eigenvalue weighted by Gasteiger charge is -2.32. The first-order valence-electron chi connectivity index (χ1n) is 10.9. The molecule has 1 fully saturated rings. The number of aliphatic imine (C=N–C) groups is 1. The van der Waals surface area contributed by atoms with Crippen LogP contribution in [-0.2, 0) is 0 Å². The van der Waals surface area contributed by atoms with Crippen molar-refractivity contribution in [1.29, 1.82) is 0 Å². The highest BCUT2D eigenvalue weighted by Gasteiger charge is 2.46. The molecule has 0 unspecified atom stereocenters. The molecule has 2 aromatic heterocycles. The number of amidine groups is 1. The fourth-order valence-electron chi connectivity index (χ4n) is 4.90. The van der Waals surface area contributed by atoms with E-state index in [4.69, 9.17) is 9.73 Å². The van der Waals surface area contributed by atoms with Gasteiger partial charge in [0, 0.05) is 35.1 Å². The number of hydrogen-bond acceptors (Lipinski definition) is 5. The summed E-state index contributed by atoms with van der Waals surface area (Å²) < 4.78 is 7.69. The molecule has 6 heteroatoms. The predicted molar refractivity (Wildman–Crippen MR) is 127 cm³/mol. The molecule has 1 saturated heterocycles. The summed E-state index contributed by atoms with van der Waals surface area (Å²) in [5.74, 6) is 1.98. The van der Waals surface area contributed by atoms with Crippen LogP contribution in [0, 0.1) is 13.8 Å². The lowest BCUT2D eigenvalue weighted by Crippen LogP contribution is -2.35. The minimum Gasteiger partial charge on any atom is -0.497 e. The van der Waals surface area contributed by atoms with Gasteiger partial charge in [0.05, 0.1) is 18.8 Å². The van der Waals surface area contributed by atoms with Crippen LogP contribution in [0.2, 0.25) is 0 Å². The summed E-state index contributed by atoms with van der Waals surface area (Å²) in [6, 6.07) is 17.5. The topological polar surface area (TPSA) is 42.6 Å². The molecular weight excluding hydrogens is 404 g/mol. The molecule has 0 aliphatic carbocycles. The van der Waals surface area contributed by atoms with E-state index < -0.39 is 0 Å². The van der Waals surface area contributed by atoms with Crippen LogP contribution in [0.4, 0.5) is 0 Å². The van der Waals surface area contributed by atoms with Crippen molar-refractivity contribution >= 4 is 16.9 Å². The van der Waals surface area contributed by atoms with Gasteiger partial charge in [0.25, 0.3) is 0 Å². The van der Waals surface area contributed by atoms with E-state index in [0.29, 0.717) is 6.04 Å². The number of rotatable bonds is 5. The van der Waals surface area contributed by atoms with E-state index in [1.807, 2.05) is 36.2 Å². The molecule has 2 aliphatic heterocycles. The van der Waals surface area contributed by atoms with E-state index in [1.165, 1.54) is 22.1 Å². The number of hydrogen-bond donors (Lipinski definition) is 0. The molecule has 4 heterocycles. The molecule has 0 amide bonds. The number of aromatic nitrogens is 2. The normalized spacial score (nSPS) is 22.5. The minimum atomic E-state index is 0.0165. The lowest BCUT2D eigenvalue weighted by atomic mass is 9.95. The van der Waals surface area contributed by atoms with Gasteiger partial charge < -0.3 is 14.2 Å². The number of ether oxygens (including phenoxy) is 1. The second-order valence-corrected chi connectivity index (χ2v) is 9.18. The number of methoxy groups -OCH3 is 1. The van der Waals surface area contributed by atoms with Crippen LogP contribution in [0.25, 0.3) is 5.69 Å². The molecule has 3 aromatic rings. The van der Waals surface area contributed by atoms with Crippen LogP contribution in [0.1, 0.15) is 48.1 Å². The van der Waals surface area contributed by atoms with Crippen molar-refractivity contribution in [3.05, 3.63) is 77.4 Å². The molecule has 3 atom stereocenters. The quantitative estimate of drug-likeness (QED) is 0.536. The fraction of sp³-hybridized carbons (Fsp3) is 0.360. The highest BCUT2D eigenvalue weighted by molar-refractivity contribution is 8.14. The number of thioether (sulfide) groups is 1. The third kappa shape index (κ3) is 3.33. The van der Waals surface area contributed by atoms with Gasteiger partial charge in [-0.2, -0.15) is 0 Å². The third-order valence-electron chi connectivity index (χ3n) is 6.45. The van der Waals surface area contributed by atoms with E-state index in [9.17, 15) is 0 Å². The Bertz CT molecular complexity index is 1110. The number of pyridine rings is 1. The Morgan fingerprint density at radius 2 is 1.94 bits per heavy atom. The third-order valence-corrected chi connectivity index (χ3v) is 7.57. The van der Waals surface area contributed by atoms with E-state index in [-0.39, 0.29) is 12.1 Å². The summed E-state index contributed by atoms with van der Waals surface area (Å²) >= 11 is 1.89. The van der Waals surface area contributed by atoms with Crippen LogP contribution in [0.15, 0.2) is 59.7 Å². The second kappa shape index (κ2) is 8.08. The van der Waals surface area contributed by atoms with E-state index in [0.717, 1.165) is 29.3 Å². The molecular formula is C25H28N4OS. The van der Waals surface area contributed by atoms with Gasteiger partial charge in [-0.25, -0.2) is 0 Å². The van der Waals surface area contributed by atoms with Gasteiger partial charge in [-0.15, -0.1) is 0 Å². The van der Waals surface area contributed by atoms with E-state index in [1.54, 1.807) is 7.11 Å². The van der Waals surface area contributed by atoms with Crippen molar-refractivity contribution in [3.63, 3.8) is 0 Å². The SMILES string of the molecule is CC[C@@H]1CSC2=N[C@H](c3ccccn3)[C@H](c3cc(C)n(-c4ccc(OC)cc4)c3C)N21. The number of benzene rings is 1. The molecule has 5 nitrogen and oxygen atoms in total. The highest BCUT2D eigenvalue weighted by Crippen LogP contribution is 2.49. The molecule has 0 spiro atoms. The standard InChI is InChI=1S/C25H28N4OS/c1-5-18-15-31-25-27-23(22-8-6-7-13-26-22)24(29(18)25)21-14-16(2)28(17(21)3)19-9-11-20(30-4)12-10-19/h6-14,18,23-24H,5,15H2,1-4H3/t18-,23-,24+/m1/s1. The fourth-order valence-corrected chi connectivity index (χ4v) is 6.24. The first-order chi connectivity index (χ1) is 15.1. The minimum absolute atomic E-state index is 0.0165. The maximum atomic E-state index is 5.35. The zero-order valence-electron chi connectivity index (χ0n) is 18.4. The molecule has 2 aliphatic rings. The average molecular weight is 433 g/mol. The van der Waals surface area contributed by atoms with Crippen LogP contribution < -0.4 is 4.74 Å². The Morgan fingerprint density at radius 1 is 1.13 bits per heavy atom. The summed E-state index contributed by atoms with van der Waals surface area (Å²) in [5.41, 5.74) is 6.02. The van der Waals surface area contributed by atoms with Gasteiger partial charge in [0.1, 0.15) is 11.8 Å². The van der Waals surface area contributed by atoms with Crippen LogP contribution in [-0.4, -0.2) is 38.5 Å². The Labute approximate surface area is 188 Å². The summed E-state index contributed by atoms with van der Waals surface area (Å²) in [7, 11) is 1.70. The number of aryl methyl sites for hydroxylation is 1. The maximum Gasteiger partial charge on any atom is 0.160 e. The van der Waals surface area contributed by atoms with E-state index >= 15 is 0 Å². The Kier molecular flexibility index (Phi) is 5.26. The number of fused-ring (bicyclic) bond motifs is 1. The average Bonchev–Trinajstić information content (AvgIpc) is 3.46. The molecule has 0 bridgehead atoms. The lowest BCUT2D eigenvalue weighted by molar-refractivity contribution is 0.254. The molecule has 0 radical (unpaired) electrons. The van der Waals surface area contributed by atoms with Gasteiger partial charge in [-0.05, 0) is 68.3 Å². The first-order valence-corrected chi connectivity index (χ1v) is 11.8. The van der Waals surface area contributed by atoms with Gasteiger partial charge in [-0.3, -0.25) is 9.98 Å². The van der Waals surface area contributed by atoms with Crippen molar-refractivity contribution in [2.75, 3.05) is 12.9 Å². The summed E-state index contributed by atoms with van der Waals surface area (Å²) in [5, 5.41) is 1.17. The molecule has 5 rings (SSSR count). The summed E-state index contributed by atoms with van der Waals surface area (Å²) in [6.07, 6.45) is 3.00. The predicted octanol–water partition coefficient (Wildman–Crippen LogP) is 5.48. The van der Waals surface area contributed by atoms with Crippen molar-refractivity contribution in [3.8, 4) is 11.4 Å². The monoisotopic (exact) mass is 432 g/mol. The maximum absolute atomic E-state index is 5.35. The molecule has 0 saturated carbocycles. The van der Waals surface area contributed by atoms with Crippen molar-refractivity contribution in [2.24, 2.45) is 4.99 Å². The first kappa shape index (κ1) is 20.2. The van der Waals surface area contributed by atoms with Gasteiger partial charge >= 0.3 is 0 Å². The van der Waals surface area contributed by atoms with Gasteiger partial charge in [-0.1, -0.05) is 24.8 Å². The smallest absolute Gasteiger partial charge is 0.160 e.